The summed E-state index contributed by atoms with van der Waals surface area (Å²) in [5.74, 6) is 0.101. The van der Waals surface area contributed by atoms with Gasteiger partial charge in [0.05, 0.1) is 5.92 Å². The molecule has 0 bridgehead atoms. The van der Waals surface area contributed by atoms with E-state index in [0.29, 0.717) is 23.7 Å². The van der Waals surface area contributed by atoms with Gasteiger partial charge in [0.25, 0.3) is 0 Å². The maximum atomic E-state index is 13.1. The van der Waals surface area contributed by atoms with Crippen LogP contribution < -0.4 is 10.6 Å². The van der Waals surface area contributed by atoms with Gasteiger partial charge in [-0.25, -0.2) is 4.39 Å². The minimum absolute atomic E-state index is 0.000333. The lowest BCUT2D eigenvalue weighted by atomic mass is 9.97. The Balaban J connectivity index is 2.05. The third-order valence-corrected chi connectivity index (χ3v) is 3.28. The first kappa shape index (κ1) is 12.0. The van der Waals surface area contributed by atoms with E-state index in [-0.39, 0.29) is 17.6 Å². The first-order valence-corrected chi connectivity index (χ1v) is 5.85. The molecule has 0 radical (unpaired) electrons. The van der Waals surface area contributed by atoms with E-state index in [1.807, 2.05) is 0 Å². The summed E-state index contributed by atoms with van der Waals surface area (Å²) in [5.41, 5.74) is 1.20. The van der Waals surface area contributed by atoms with Gasteiger partial charge in [-0.1, -0.05) is 6.92 Å². The zero-order valence-corrected chi connectivity index (χ0v) is 10.1. The monoisotopic (exact) mass is 236 g/mol. The third-order valence-electron chi connectivity index (χ3n) is 3.28. The van der Waals surface area contributed by atoms with Crippen LogP contribution in [0.25, 0.3) is 0 Å². The Bertz CT molecular complexity index is 433. The summed E-state index contributed by atoms with van der Waals surface area (Å²) in [6.45, 7) is 5.33. The molecule has 2 atom stereocenters. The van der Waals surface area contributed by atoms with Gasteiger partial charge in [-0.3, -0.25) is 4.79 Å². The lowest BCUT2D eigenvalue weighted by Crippen LogP contribution is -2.27. The number of carbonyl (C=O) groups excluding carboxylic acids is 1. The Morgan fingerprint density at radius 2 is 2.24 bits per heavy atom. The van der Waals surface area contributed by atoms with Gasteiger partial charge in [-0.05, 0) is 43.1 Å². The summed E-state index contributed by atoms with van der Waals surface area (Å²) in [6.07, 6.45) is 0. The minimum atomic E-state index is -0.251. The Labute approximate surface area is 100 Å². The molecule has 1 aromatic carbocycles. The van der Waals surface area contributed by atoms with Gasteiger partial charge >= 0.3 is 0 Å². The number of benzene rings is 1. The molecule has 1 aliphatic rings. The van der Waals surface area contributed by atoms with Gasteiger partial charge in [-0.15, -0.1) is 0 Å². The second kappa shape index (κ2) is 4.84. The van der Waals surface area contributed by atoms with E-state index < -0.39 is 0 Å². The molecule has 1 aromatic rings. The fourth-order valence-corrected chi connectivity index (χ4v) is 2.12. The predicted octanol–water partition coefficient (Wildman–Crippen LogP) is 1.93. The molecule has 1 fully saturated rings. The van der Waals surface area contributed by atoms with Crippen molar-refractivity contribution < 1.29 is 9.18 Å². The molecule has 1 saturated heterocycles. The highest BCUT2D eigenvalue weighted by atomic mass is 19.1. The van der Waals surface area contributed by atoms with Crippen molar-refractivity contribution in [3.8, 4) is 0 Å². The smallest absolute Gasteiger partial charge is 0.229 e. The largest absolute Gasteiger partial charge is 0.326 e. The van der Waals surface area contributed by atoms with Crippen LogP contribution in [-0.2, 0) is 4.79 Å². The van der Waals surface area contributed by atoms with E-state index in [1.54, 1.807) is 19.1 Å². The van der Waals surface area contributed by atoms with E-state index in [4.69, 9.17) is 0 Å². The van der Waals surface area contributed by atoms with Crippen LogP contribution in [0.3, 0.4) is 0 Å². The van der Waals surface area contributed by atoms with Crippen molar-refractivity contribution >= 4 is 11.6 Å². The molecule has 1 amide bonds. The second-order valence-electron chi connectivity index (χ2n) is 4.70. The van der Waals surface area contributed by atoms with Gasteiger partial charge in [0, 0.05) is 12.2 Å². The van der Waals surface area contributed by atoms with E-state index in [1.165, 1.54) is 6.07 Å². The highest BCUT2D eigenvalue weighted by molar-refractivity contribution is 5.93. The zero-order valence-electron chi connectivity index (χ0n) is 10.1. The van der Waals surface area contributed by atoms with Crippen LogP contribution >= 0.6 is 0 Å². The van der Waals surface area contributed by atoms with E-state index in [9.17, 15) is 9.18 Å². The maximum Gasteiger partial charge on any atom is 0.229 e. The summed E-state index contributed by atoms with van der Waals surface area (Å²) >= 11 is 0. The van der Waals surface area contributed by atoms with Crippen molar-refractivity contribution in [2.75, 3.05) is 18.4 Å². The van der Waals surface area contributed by atoms with Crippen LogP contribution in [-0.4, -0.2) is 19.0 Å². The average molecular weight is 236 g/mol. The Morgan fingerprint density at radius 1 is 1.47 bits per heavy atom. The molecule has 0 aromatic heterocycles. The second-order valence-corrected chi connectivity index (χ2v) is 4.70. The Kier molecular flexibility index (Phi) is 3.43. The molecular weight excluding hydrogens is 219 g/mol. The minimum Gasteiger partial charge on any atom is -0.326 e. The standard InChI is InChI=1S/C13H17FN2O/c1-8-5-10(3-4-12(8)14)16-13(17)11-7-15-6-9(11)2/h3-5,9,11,15H,6-7H2,1-2H3,(H,16,17)/t9-,11+/m0/s1. The van der Waals surface area contributed by atoms with Crippen molar-refractivity contribution in [1.82, 2.24) is 5.32 Å². The number of amides is 1. The van der Waals surface area contributed by atoms with Gasteiger partial charge < -0.3 is 10.6 Å². The molecule has 92 valence electrons. The van der Waals surface area contributed by atoms with Crippen molar-refractivity contribution in [1.29, 1.82) is 0 Å². The first-order valence-electron chi connectivity index (χ1n) is 5.85. The average Bonchev–Trinajstić information content (AvgIpc) is 2.70. The van der Waals surface area contributed by atoms with Crippen LogP contribution in [0.15, 0.2) is 18.2 Å². The molecule has 17 heavy (non-hydrogen) atoms. The van der Waals surface area contributed by atoms with Gasteiger partial charge in [0.1, 0.15) is 5.82 Å². The van der Waals surface area contributed by atoms with Gasteiger partial charge in [-0.2, -0.15) is 0 Å². The molecule has 0 unspecified atom stereocenters. The number of hydrogen-bond donors (Lipinski definition) is 2. The molecule has 2 rings (SSSR count). The van der Waals surface area contributed by atoms with E-state index in [2.05, 4.69) is 17.6 Å². The molecular formula is C13H17FN2O. The van der Waals surface area contributed by atoms with Crippen LogP contribution in [0, 0.1) is 24.6 Å². The fourth-order valence-electron chi connectivity index (χ4n) is 2.12. The van der Waals surface area contributed by atoms with Crippen molar-refractivity contribution in [3.63, 3.8) is 0 Å². The molecule has 1 aliphatic heterocycles. The summed E-state index contributed by atoms with van der Waals surface area (Å²) < 4.78 is 13.1. The van der Waals surface area contributed by atoms with E-state index in [0.717, 1.165) is 6.54 Å². The van der Waals surface area contributed by atoms with Gasteiger partial charge in [0.15, 0.2) is 0 Å². The molecule has 0 spiro atoms. The summed E-state index contributed by atoms with van der Waals surface area (Å²) in [6, 6.07) is 4.62. The van der Waals surface area contributed by atoms with Crippen LogP contribution in [0.5, 0.6) is 0 Å². The number of aryl methyl sites for hydroxylation is 1. The van der Waals surface area contributed by atoms with Crippen molar-refractivity contribution in [3.05, 3.63) is 29.6 Å². The van der Waals surface area contributed by atoms with E-state index >= 15 is 0 Å². The number of halogens is 1. The molecule has 2 N–H and O–H groups in total. The number of anilines is 1. The molecule has 0 aliphatic carbocycles. The normalized spacial score (nSPS) is 23.7. The predicted molar refractivity (Wildman–Crippen MR) is 65.3 cm³/mol. The summed E-state index contributed by atoms with van der Waals surface area (Å²) in [7, 11) is 0. The molecule has 0 saturated carbocycles. The molecule has 1 heterocycles. The van der Waals surface area contributed by atoms with Crippen LogP contribution in [0.2, 0.25) is 0 Å². The first-order chi connectivity index (χ1) is 8.08. The number of carbonyl (C=O) groups is 1. The molecule has 3 nitrogen and oxygen atoms in total. The summed E-state index contributed by atoms with van der Waals surface area (Å²) in [4.78, 5) is 12.0. The number of rotatable bonds is 2. The SMILES string of the molecule is Cc1cc(NC(=O)[C@@H]2CNC[C@@H]2C)ccc1F. The third kappa shape index (κ3) is 2.64. The van der Waals surface area contributed by atoms with Crippen molar-refractivity contribution in [2.45, 2.75) is 13.8 Å². The van der Waals surface area contributed by atoms with Crippen LogP contribution in [0.1, 0.15) is 12.5 Å². The van der Waals surface area contributed by atoms with Crippen molar-refractivity contribution in [2.24, 2.45) is 11.8 Å². The lowest BCUT2D eigenvalue weighted by Gasteiger charge is -2.14. The molecule has 4 heteroatoms. The van der Waals surface area contributed by atoms with Gasteiger partial charge in [0.2, 0.25) is 5.91 Å². The number of hydrogen-bond acceptors (Lipinski definition) is 2. The Morgan fingerprint density at radius 3 is 2.82 bits per heavy atom. The maximum absolute atomic E-state index is 13.1. The number of nitrogens with one attached hydrogen (secondary N) is 2. The topological polar surface area (TPSA) is 41.1 Å². The zero-order chi connectivity index (χ0) is 12.4. The highest BCUT2D eigenvalue weighted by Gasteiger charge is 2.29. The van der Waals surface area contributed by atoms with Crippen LogP contribution in [0.4, 0.5) is 10.1 Å². The summed E-state index contributed by atoms with van der Waals surface area (Å²) in [5, 5.41) is 6.03. The highest BCUT2D eigenvalue weighted by Crippen LogP contribution is 2.19. The quantitative estimate of drug-likeness (QED) is 0.823. The fraction of sp³-hybridized carbons (Fsp3) is 0.462. The lowest BCUT2D eigenvalue weighted by molar-refractivity contribution is -0.120. The Hall–Kier alpha value is -1.42.